The molecule has 0 bridgehead atoms. The van der Waals surface area contributed by atoms with Crippen LogP contribution in [0.3, 0.4) is 0 Å². The Morgan fingerprint density at radius 1 is 1.60 bits per heavy atom. The highest BCUT2D eigenvalue weighted by molar-refractivity contribution is 5.36. The topological polar surface area (TPSA) is 81.0 Å². The predicted molar refractivity (Wildman–Crippen MR) is 58.7 cm³/mol. The fraction of sp³-hybridized carbons (Fsp3) is 0.600. The number of hydrogen-bond donors (Lipinski definition) is 2. The SMILES string of the molecule is CCCC(OC)c1nc(N)c(C)c(=O)[nH]1. The van der Waals surface area contributed by atoms with Crippen LogP contribution in [0.25, 0.3) is 0 Å². The van der Waals surface area contributed by atoms with Gasteiger partial charge in [0.25, 0.3) is 5.56 Å². The molecule has 0 fully saturated rings. The molecule has 1 aromatic heterocycles. The van der Waals surface area contributed by atoms with Gasteiger partial charge in [0.1, 0.15) is 17.7 Å². The van der Waals surface area contributed by atoms with E-state index in [0.717, 1.165) is 12.8 Å². The zero-order valence-corrected chi connectivity index (χ0v) is 9.33. The Labute approximate surface area is 88.7 Å². The van der Waals surface area contributed by atoms with Gasteiger partial charge in [-0.15, -0.1) is 0 Å². The summed E-state index contributed by atoms with van der Waals surface area (Å²) in [6.07, 6.45) is 1.57. The summed E-state index contributed by atoms with van der Waals surface area (Å²) < 4.78 is 5.24. The number of aromatic amines is 1. The highest BCUT2D eigenvalue weighted by Crippen LogP contribution is 2.18. The molecular weight excluding hydrogens is 194 g/mol. The van der Waals surface area contributed by atoms with Crippen LogP contribution < -0.4 is 11.3 Å². The third kappa shape index (κ3) is 2.56. The normalized spacial score (nSPS) is 12.7. The molecule has 0 aliphatic heterocycles. The monoisotopic (exact) mass is 211 g/mol. The van der Waals surface area contributed by atoms with E-state index >= 15 is 0 Å². The molecule has 3 N–H and O–H groups in total. The molecule has 5 heteroatoms. The van der Waals surface area contributed by atoms with E-state index in [9.17, 15) is 4.79 Å². The molecule has 84 valence electrons. The Morgan fingerprint density at radius 3 is 2.73 bits per heavy atom. The molecule has 15 heavy (non-hydrogen) atoms. The third-order valence-electron chi connectivity index (χ3n) is 2.35. The molecule has 0 aliphatic rings. The van der Waals surface area contributed by atoms with E-state index in [1.165, 1.54) is 0 Å². The van der Waals surface area contributed by atoms with E-state index in [4.69, 9.17) is 10.5 Å². The summed E-state index contributed by atoms with van der Waals surface area (Å²) in [4.78, 5) is 18.3. The van der Waals surface area contributed by atoms with Gasteiger partial charge >= 0.3 is 0 Å². The summed E-state index contributed by atoms with van der Waals surface area (Å²) in [7, 11) is 1.59. The van der Waals surface area contributed by atoms with E-state index in [0.29, 0.717) is 11.4 Å². The largest absolute Gasteiger partial charge is 0.383 e. The van der Waals surface area contributed by atoms with Gasteiger partial charge in [-0.05, 0) is 13.3 Å². The van der Waals surface area contributed by atoms with Gasteiger partial charge in [0.2, 0.25) is 0 Å². The molecule has 0 radical (unpaired) electrons. The first-order valence-corrected chi connectivity index (χ1v) is 4.99. The maximum absolute atomic E-state index is 11.5. The molecule has 1 heterocycles. The van der Waals surface area contributed by atoms with Gasteiger partial charge in [0.15, 0.2) is 0 Å². The van der Waals surface area contributed by atoms with E-state index < -0.39 is 0 Å². The Morgan fingerprint density at radius 2 is 2.27 bits per heavy atom. The summed E-state index contributed by atoms with van der Waals surface area (Å²) in [6, 6.07) is 0. The quantitative estimate of drug-likeness (QED) is 0.782. The Balaban J connectivity index is 3.09. The molecule has 0 saturated carbocycles. The minimum Gasteiger partial charge on any atom is -0.383 e. The van der Waals surface area contributed by atoms with Crippen LogP contribution in [0.15, 0.2) is 4.79 Å². The lowest BCUT2D eigenvalue weighted by molar-refractivity contribution is 0.0875. The number of nitrogen functional groups attached to an aromatic ring is 1. The maximum Gasteiger partial charge on any atom is 0.255 e. The molecular formula is C10H17N3O2. The summed E-state index contributed by atoms with van der Waals surface area (Å²) in [5.41, 5.74) is 5.87. The number of nitrogens with two attached hydrogens (primary N) is 1. The summed E-state index contributed by atoms with van der Waals surface area (Å²) in [6.45, 7) is 3.69. The number of aromatic nitrogens is 2. The van der Waals surface area contributed by atoms with Crippen molar-refractivity contribution in [2.45, 2.75) is 32.8 Å². The van der Waals surface area contributed by atoms with Crippen molar-refractivity contribution in [2.24, 2.45) is 0 Å². The van der Waals surface area contributed by atoms with Crippen molar-refractivity contribution in [2.75, 3.05) is 12.8 Å². The molecule has 0 saturated heterocycles. The van der Waals surface area contributed by atoms with Crippen LogP contribution in [0, 0.1) is 6.92 Å². The minimum absolute atomic E-state index is 0.189. The lowest BCUT2D eigenvalue weighted by atomic mass is 10.2. The number of nitrogens with one attached hydrogen (secondary N) is 1. The van der Waals surface area contributed by atoms with E-state index in [1.807, 2.05) is 6.92 Å². The van der Waals surface area contributed by atoms with Gasteiger partial charge in [-0.1, -0.05) is 13.3 Å². The highest BCUT2D eigenvalue weighted by Gasteiger charge is 2.14. The molecule has 0 aromatic carbocycles. The number of ether oxygens (including phenoxy) is 1. The van der Waals surface area contributed by atoms with Crippen LogP contribution in [0.5, 0.6) is 0 Å². The molecule has 1 aromatic rings. The molecule has 1 unspecified atom stereocenters. The number of anilines is 1. The Hall–Kier alpha value is -1.36. The van der Waals surface area contributed by atoms with Crippen molar-refractivity contribution in [1.29, 1.82) is 0 Å². The molecule has 1 rings (SSSR count). The summed E-state index contributed by atoms with van der Waals surface area (Å²) in [5, 5.41) is 0. The maximum atomic E-state index is 11.5. The Kier molecular flexibility index (Phi) is 3.85. The predicted octanol–water partition coefficient (Wildman–Crippen LogP) is 1.15. The molecule has 0 spiro atoms. The number of H-pyrrole nitrogens is 1. The van der Waals surface area contributed by atoms with Crippen molar-refractivity contribution in [3.05, 3.63) is 21.7 Å². The van der Waals surface area contributed by atoms with Crippen LogP contribution >= 0.6 is 0 Å². The fourth-order valence-corrected chi connectivity index (χ4v) is 1.35. The van der Waals surface area contributed by atoms with Gasteiger partial charge in [-0.2, -0.15) is 0 Å². The standard InChI is InChI=1S/C10H17N3O2/c1-4-5-7(15-3)9-12-8(11)6(2)10(14)13-9/h7H,4-5H2,1-3H3,(H3,11,12,13,14). The summed E-state index contributed by atoms with van der Waals surface area (Å²) in [5.74, 6) is 0.777. The first kappa shape index (κ1) is 11.7. The lowest BCUT2D eigenvalue weighted by Crippen LogP contribution is -2.20. The number of rotatable bonds is 4. The van der Waals surface area contributed by atoms with Gasteiger partial charge in [0, 0.05) is 7.11 Å². The summed E-state index contributed by atoms with van der Waals surface area (Å²) >= 11 is 0. The van der Waals surface area contributed by atoms with E-state index in [2.05, 4.69) is 9.97 Å². The van der Waals surface area contributed by atoms with Crippen LogP contribution in [0.2, 0.25) is 0 Å². The van der Waals surface area contributed by atoms with Crippen molar-refractivity contribution < 1.29 is 4.74 Å². The molecule has 0 aliphatic carbocycles. The van der Waals surface area contributed by atoms with Crippen molar-refractivity contribution in [1.82, 2.24) is 9.97 Å². The highest BCUT2D eigenvalue weighted by atomic mass is 16.5. The van der Waals surface area contributed by atoms with E-state index in [-0.39, 0.29) is 17.5 Å². The van der Waals surface area contributed by atoms with Gasteiger partial charge in [-0.3, -0.25) is 4.79 Å². The fourth-order valence-electron chi connectivity index (χ4n) is 1.35. The van der Waals surface area contributed by atoms with Crippen molar-refractivity contribution in [3.8, 4) is 0 Å². The average Bonchev–Trinajstić information content (AvgIpc) is 2.22. The van der Waals surface area contributed by atoms with Crippen molar-refractivity contribution in [3.63, 3.8) is 0 Å². The second-order valence-corrected chi connectivity index (χ2v) is 3.47. The second-order valence-electron chi connectivity index (χ2n) is 3.47. The third-order valence-corrected chi connectivity index (χ3v) is 2.35. The number of nitrogens with zero attached hydrogens (tertiary/aromatic N) is 1. The zero-order chi connectivity index (χ0) is 11.4. The Bertz CT molecular complexity index is 387. The number of hydrogen-bond acceptors (Lipinski definition) is 4. The van der Waals surface area contributed by atoms with Crippen LogP contribution in [0.4, 0.5) is 5.82 Å². The number of methoxy groups -OCH3 is 1. The molecule has 5 nitrogen and oxygen atoms in total. The van der Waals surface area contributed by atoms with E-state index in [1.54, 1.807) is 14.0 Å². The van der Waals surface area contributed by atoms with Gasteiger partial charge in [0.05, 0.1) is 5.56 Å². The van der Waals surface area contributed by atoms with Crippen molar-refractivity contribution >= 4 is 5.82 Å². The first-order chi connectivity index (χ1) is 7.10. The lowest BCUT2D eigenvalue weighted by Gasteiger charge is -2.13. The van der Waals surface area contributed by atoms with Crippen LogP contribution in [-0.2, 0) is 4.74 Å². The first-order valence-electron chi connectivity index (χ1n) is 4.99. The second kappa shape index (κ2) is 4.93. The smallest absolute Gasteiger partial charge is 0.255 e. The van der Waals surface area contributed by atoms with Crippen LogP contribution in [0.1, 0.15) is 37.3 Å². The van der Waals surface area contributed by atoms with Gasteiger partial charge in [-0.25, -0.2) is 4.98 Å². The molecule has 1 atom stereocenters. The average molecular weight is 211 g/mol. The minimum atomic E-state index is -0.198. The molecule has 0 amide bonds. The van der Waals surface area contributed by atoms with Crippen LogP contribution in [-0.4, -0.2) is 17.1 Å². The zero-order valence-electron chi connectivity index (χ0n) is 9.33. The van der Waals surface area contributed by atoms with Gasteiger partial charge < -0.3 is 15.5 Å².